The van der Waals surface area contributed by atoms with Crippen molar-refractivity contribution in [3.8, 4) is 0 Å². The molecule has 5 heteroatoms. The lowest BCUT2D eigenvalue weighted by molar-refractivity contribution is -0.131. The first-order valence-corrected chi connectivity index (χ1v) is 5.93. The van der Waals surface area contributed by atoms with Crippen LogP contribution in [-0.2, 0) is 4.79 Å². The number of carboxylic acid groups (broad SMARTS) is 1. The van der Waals surface area contributed by atoms with Gasteiger partial charge in [-0.15, -0.1) is 0 Å². The summed E-state index contributed by atoms with van der Waals surface area (Å²) in [7, 11) is 0. The van der Waals surface area contributed by atoms with E-state index in [1.807, 2.05) is 13.8 Å². The van der Waals surface area contributed by atoms with Gasteiger partial charge in [-0.2, -0.15) is 0 Å². The van der Waals surface area contributed by atoms with Crippen LogP contribution in [0.25, 0.3) is 0 Å². The number of rotatable bonds is 5. The molecule has 0 amide bonds. The average Bonchev–Trinajstić information content (AvgIpc) is 2.18. The number of carboxylic acids is 1. The zero-order chi connectivity index (χ0) is 12.9. The van der Waals surface area contributed by atoms with Gasteiger partial charge in [0.05, 0.1) is 5.60 Å². The summed E-state index contributed by atoms with van der Waals surface area (Å²) in [5.41, 5.74) is -0.647. The highest BCUT2D eigenvalue weighted by atomic mass is 16.4. The van der Waals surface area contributed by atoms with Gasteiger partial charge in [-0.05, 0) is 13.8 Å². The van der Waals surface area contributed by atoms with E-state index in [1.165, 1.54) is 6.08 Å². The van der Waals surface area contributed by atoms with Gasteiger partial charge in [0.25, 0.3) is 0 Å². The number of piperazine rings is 1. The minimum atomic E-state index is -0.898. The molecular weight excluding hydrogens is 220 g/mol. The van der Waals surface area contributed by atoms with Crippen molar-refractivity contribution in [2.45, 2.75) is 19.4 Å². The molecule has 0 aromatic rings. The number of aliphatic carboxylic acids is 1. The summed E-state index contributed by atoms with van der Waals surface area (Å²) in [6.07, 6.45) is 2.86. The number of carbonyl (C=O) groups is 1. The molecule has 5 nitrogen and oxygen atoms in total. The Morgan fingerprint density at radius 2 is 1.76 bits per heavy atom. The van der Waals surface area contributed by atoms with E-state index in [4.69, 9.17) is 5.11 Å². The zero-order valence-corrected chi connectivity index (χ0v) is 10.6. The molecule has 1 aliphatic heterocycles. The van der Waals surface area contributed by atoms with Gasteiger partial charge in [0.1, 0.15) is 0 Å². The Balaban J connectivity index is 2.24. The Kier molecular flexibility index (Phi) is 5.11. The molecule has 17 heavy (non-hydrogen) atoms. The third kappa shape index (κ3) is 6.41. The van der Waals surface area contributed by atoms with E-state index in [0.717, 1.165) is 26.2 Å². The first kappa shape index (κ1) is 14.2. The molecule has 0 aliphatic carbocycles. The fourth-order valence-corrected chi connectivity index (χ4v) is 1.98. The summed E-state index contributed by atoms with van der Waals surface area (Å²) in [4.78, 5) is 14.8. The van der Waals surface area contributed by atoms with Gasteiger partial charge in [-0.1, -0.05) is 6.08 Å². The van der Waals surface area contributed by atoms with E-state index in [1.54, 1.807) is 6.08 Å². The van der Waals surface area contributed by atoms with Crippen molar-refractivity contribution in [3.05, 3.63) is 12.2 Å². The van der Waals surface area contributed by atoms with Crippen LogP contribution in [0.1, 0.15) is 13.8 Å². The summed E-state index contributed by atoms with van der Waals surface area (Å²) in [5, 5.41) is 18.2. The standard InChI is InChI=1S/C12H22N2O3/c1-12(2,17)10-14-8-6-13(7-9-14)5-3-4-11(15)16/h3-4,17H,5-10H2,1-2H3,(H,15,16)/b4-3+. The van der Waals surface area contributed by atoms with E-state index in [9.17, 15) is 9.90 Å². The van der Waals surface area contributed by atoms with Crippen molar-refractivity contribution in [3.63, 3.8) is 0 Å². The van der Waals surface area contributed by atoms with Crippen LogP contribution in [0.5, 0.6) is 0 Å². The van der Waals surface area contributed by atoms with Crippen molar-refractivity contribution in [1.82, 2.24) is 9.80 Å². The predicted molar refractivity (Wildman–Crippen MR) is 66.0 cm³/mol. The quantitative estimate of drug-likeness (QED) is 0.665. The monoisotopic (exact) mass is 242 g/mol. The second kappa shape index (κ2) is 6.14. The highest BCUT2D eigenvalue weighted by Gasteiger charge is 2.21. The smallest absolute Gasteiger partial charge is 0.328 e. The number of β-amino-alcohol motifs (C(OH)–C–C–N with tert-alkyl or cyclic N) is 1. The molecule has 1 saturated heterocycles. The van der Waals surface area contributed by atoms with Crippen LogP contribution in [0.4, 0.5) is 0 Å². The van der Waals surface area contributed by atoms with Gasteiger partial charge in [-0.25, -0.2) is 4.79 Å². The van der Waals surface area contributed by atoms with Crippen LogP contribution in [0.2, 0.25) is 0 Å². The molecule has 0 aromatic carbocycles. The van der Waals surface area contributed by atoms with Gasteiger partial charge in [0.2, 0.25) is 0 Å². The van der Waals surface area contributed by atoms with Gasteiger partial charge >= 0.3 is 5.97 Å². The lowest BCUT2D eigenvalue weighted by atomic mass is 10.1. The second-order valence-corrected chi connectivity index (χ2v) is 5.13. The van der Waals surface area contributed by atoms with Crippen LogP contribution >= 0.6 is 0 Å². The highest BCUT2D eigenvalue weighted by molar-refractivity contribution is 5.79. The van der Waals surface area contributed by atoms with Gasteiger partial charge in [0, 0.05) is 45.3 Å². The maximum Gasteiger partial charge on any atom is 0.328 e. The van der Waals surface area contributed by atoms with Gasteiger partial charge in [0.15, 0.2) is 0 Å². The summed E-state index contributed by atoms with van der Waals surface area (Å²) in [6, 6.07) is 0. The van der Waals surface area contributed by atoms with Crippen LogP contribution in [0.3, 0.4) is 0 Å². The minimum absolute atomic E-state index is 0.647. The summed E-state index contributed by atoms with van der Waals surface area (Å²) in [6.45, 7) is 8.67. The Morgan fingerprint density at radius 3 is 2.24 bits per heavy atom. The molecule has 2 N–H and O–H groups in total. The molecule has 0 unspecified atom stereocenters. The Labute approximate surface area is 102 Å². The zero-order valence-electron chi connectivity index (χ0n) is 10.6. The molecule has 98 valence electrons. The molecule has 1 heterocycles. The van der Waals surface area contributed by atoms with E-state index in [2.05, 4.69) is 9.80 Å². The molecule has 0 bridgehead atoms. The van der Waals surface area contributed by atoms with E-state index in [-0.39, 0.29) is 0 Å². The third-order valence-electron chi connectivity index (χ3n) is 2.70. The summed E-state index contributed by atoms with van der Waals surface area (Å²) >= 11 is 0. The van der Waals surface area contributed by atoms with Crippen molar-refractivity contribution in [2.24, 2.45) is 0 Å². The predicted octanol–water partition coefficient (Wildman–Crippen LogP) is 0.0157. The first-order chi connectivity index (χ1) is 7.87. The maximum absolute atomic E-state index is 10.3. The SMILES string of the molecule is CC(C)(O)CN1CCN(C/C=C/C(=O)O)CC1. The minimum Gasteiger partial charge on any atom is -0.478 e. The molecule has 0 radical (unpaired) electrons. The highest BCUT2D eigenvalue weighted by Crippen LogP contribution is 2.08. The Morgan fingerprint density at radius 1 is 1.24 bits per heavy atom. The molecule has 1 rings (SSSR count). The Bertz CT molecular complexity index is 276. The van der Waals surface area contributed by atoms with Crippen molar-refractivity contribution >= 4 is 5.97 Å². The number of hydrogen-bond donors (Lipinski definition) is 2. The molecule has 0 spiro atoms. The third-order valence-corrected chi connectivity index (χ3v) is 2.70. The van der Waals surface area contributed by atoms with E-state index < -0.39 is 11.6 Å². The van der Waals surface area contributed by atoms with Gasteiger partial charge in [-0.3, -0.25) is 9.80 Å². The van der Waals surface area contributed by atoms with Crippen LogP contribution in [0.15, 0.2) is 12.2 Å². The van der Waals surface area contributed by atoms with Crippen LogP contribution in [-0.4, -0.2) is 70.9 Å². The average molecular weight is 242 g/mol. The number of nitrogens with zero attached hydrogens (tertiary/aromatic N) is 2. The van der Waals surface area contributed by atoms with Crippen molar-refractivity contribution in [2.75, 3.05) is 39.3 Å². The normalized spacial score (nSPS) is 19.9. The topological polar surface area (TPSA) is 64.0 Å². The van der Waals surface area contributed by atoms with E-state index in [0.29, 0.717) is 13.1 Å². The largest absolute Gasteiger partial charge is 0.478 e. The summed E-state index contributed by atoms with van der Waals surface area (Å²) in [5.74, 6) is -0.898. The van der Waals surface area contributed by atoms with Crippen LogP contribution < -0.4 is 0 Å². The number of aliphatic hydroxyl groups is 1. The molecule has 1 aliphatic rings. The van der Waals surface area contributed by atoms with Crippen LogP contribution in [0, 0.1) is 0 Å². The number of hydrogen-bond acceptors (Lipinski definition) is 4. The van der Waals surface area contributed by atoms with Gasteiger partial charge < -0.3 is 10.2 Å². The van der Waals surface area contributed by atoms with Crippen molar-refractivity contribution < 1.29 is 15.0 Å². The molecule has 0 aromatic heterocycles. The maximum atomic E-state index is 10.3. The molecular formula is C12H22N2O3. The lowest BCUT2D eigenvalue weighted by Crippen LogP contribution is -2.50. The molecule has 0 atom stereocenters. The molecule has 1 fully saturated rings. The second-order valence-electron chi connectivity index (χ2n) is 5.13. The van der Waals surface area contributed by atoms with E-state index >= 15 is 0 Å². The molecule has 0 saturated carbocycles. The lowest BCUT2D eigenvalue weighted by Gasteiger charge is -2.36. The van der Waals surface area contributed by atoms with Crippen molar-refractivity contribution in [1.29, 1.82) is 0 Å². The fraction of sp³-hybridized carbons (Fsp3) is 0.750. The Hall–Kier alpha value is -0.910. The fourth-order valence-electron chi connectivity index (χ4n) is 1.98. The summed E-state index contributed by atoms with van der Waals surface area (Å²) < 4.78 is 0. The first-order valence-electron chi connectivity index (χ1n) is 5.93.